The molecule has 2 atom stereocenters. The molecule has 0 aliphatic carbocycles. The van der Waals surface area contributed by atoms with Crippen LogP contribution in [0.2, 0.25) is 0 Å². The van der Waals surface area contributed by atoms with E-state index in [1.165, 1.54) is 0 Å². The maximum absolute atomic E-state index is 12.6. The molecule has 1 unspecified atom stereocenters. The van der Waals surface area contributed by atoms with Gasteiger partial charge in [-0.2, -0.15) is 0 Å². The quantitative estimate of drug-likeness (QED) is 0.106. The molecule has 10 nitrogen and oxygen atoms in total. The minimum atomic E-state index is -0.0177. The third kappa shape index (κ3) is 24.7. The van der Waals surface area contributed by atoms with Crippen LogP contribution in [-0.4, -0.2) is 127 Å². The van der Waals surface area contributed by atoms with Crippen molar-refractivity contribution in [2.24, 2.45) is 11.8 Å². The summed E-state index contributed by atoms with van der Waals surface area (Å²) in [4.78, 5) is 25.8. The van der Waals surface area contributed by atoms with Gasteiger partial charge >= 0.3 is 0 Å². The van der Waals surface area contributed by atoms with Gasteiger partial charge in [0, 0.05) is 44.6 Å². The van der Waals surface area contributed by atoms with Crippen LogP contribution >= 0.6 is 11.8 Å². The smallest absolute Gasteiger partial charge is 0.225 e. The van der Waals surface area contributed by atoms with Crippen molar-refractivity contribution < 1.29 is 33.3 Å². The second-order valence-corrected chi connectivity index (χ2v) is 11.6. The molecule has 2 N–H and O–H groups in total. The lowest BCUT2D eigenvalue weighted by Crippen LogP contribution is -2.35. The normalized spacial score (nSPS) is 13.3. The predicted molar refractivity (Wildman–Crippen MR) is 158 cm³/mol. The average Bonchev–Trinajstić information content (AvgIpc) is 2.89. The van der Waals surface area contributed by atoms with Crippen molar-refractivity contribution in [2.75, 3.05) is 98.5 Å². The number of nitrogens with one attached hydrogen (secondary N) is 2. The van der Waals surface area contributed by atoms with Crippen LogP contribution in [0.3, 0.4) is 0 Å². The van der Waals surface area contributed by atoms with Crippen molar-refractivity contribution in [3.63, 3.8) is 0 Å². The Hall–Kier alpha value is -0.790. The molecule has 0 fully saturated rings. The Morgan fingerprint density at radius 2 is 1.23 bits per heavy atom. The summed E-state index contributed by atoms with van der Waals surface area (Å²) in [5.41, 5.74) is 0. The van der Waals surface area contributed by atoms with Gasteiger partial charge in [-0.05, 0) is 19.1 Å². The zero-order valence-corrected chi connectivity index (χ0v) is 26.4. The zero-order valence-electron chi connectivity index (χ0n) is 25.6. The fraction of sp³-hybridized carbons (Fsp3) is 0.929. The van der Waals surface area contributed by atoms with Gasteiger partial charge in [-0.15, -0.1) is 11.8 Å². The van der Waals surface area contributed by atoms with E-state index in [0.29, 0.717) is 72.0 Å². The third-order valence-electron chi connectivity index (χ3n) is 5.77. The molecule has 0 aromatic carbocycles. The van der Waals surface area contributed by atoms with Gasteiger partial charge in [-0.25, -0.2) is 0 Å². The minimum absolute atomic E-state index is 0.00350. The van der Waals surface area contributed by atoms with Gasteiger partial charge in [0.1, 0.15) is 6.61 Å². The van der Waals surface area contributed by atoms with Crippen molar-refractivity contribution in [2.45, 2.75) is 59.4 Å². The van der Waals surface area contributed by atoms with Gasteiger partial charge in [-0.1, -0.05) is 34.6 Å². The zero-order chi connectivity index (χ0) is 29.3. The Morgan fingerprint density at radius 3 is 1.79 bits per heavy atom. The van der Waals surface area contributed by atoms with Crippen LogP contribution in [0.15, 0.2) is 0 Å². The second kappa shape index (κ2) is 26.1. The summed E-state index contributed by atoms with van der Waals surface area (Å²) in [5, 5.41) is 7.01. The summed E-state index contributed by atoms with van der Waals surface area (Å²) in [6, 6.07) is 0.467. The summed E-state index contributed by atoms with van der Waals surface area (Å²) in [7, 11) is 1.84. The number of likely N-dealkylation sites (N-methyl/N-ethyl adjacent to an activating group) is 1. The molecule has 0 aromatic heterocycles. The van der Waals surface area contributed by atoms with E-state index in [9.17, 15) is 9.59 Å². The van der Waals surface area contributed by atoms with E-state index in [2.05, 4.69) is 31.4 Å². The van der Waals surface area contributed by atoms with Crippen LogP contribution in [-0.2, 0) is 33.3 Å². The van der Waals surface area contributed by atoms with Gasteiger partial charge in [-0.3, -0.25) is 9.59 Å². The average molecular weight is 580 g/mol. The molecule has 0 heterocycles. The Kier molecular flexibility index (Phi) is 25.6. The standard InChI is InChI=1S/C28H57N3O7S/c1-23(2)27(32)22-38-20-19-37-18-16-35-13-10-30-26(6)39-21-8-25(5)28(33)31(7)11-14-36-17-15-34-12-9-29-24(3)4/h23-26,29-30H,8-22H2,1-7H3/t25?,26-/m0/s1. The molecule has 0 spiro atoms. The van der Waals surface area contributed by atoms with Crippen molar-refractivity contribution in [1.82, 2.24) is 15.5 Å². The lowest BCUT2D eigenvalue weighted by molar-refractivity contribution is -0.134. The Bertz CT molecular complexity index is 600. The van der Waals surface area contributed by atoms with E-state index in [-0.39, 0.29) is 35.5 Å². The van der Waals surface area contributed by atoms with E-state index in [0.717, 1.165) is 25.3 Å². The molecule has 1 amide bonds. The first-order chi connectivity index (χ1) is 18.6. The molecule has 39 heavy (non-hydrogen) atoms. The third-order valence-corrected chi connectivity index (χ3v) is 6.91. The molecule has 0 saturated carbocycles. The van der Waals surface area contributed by atoms with Crippen LogP contribution < -0.4 is 10.6 Å². The fourth-order valence-corrected chi connectivity index (χ4v) is 4.23. The van der Waals surface area contributed by atoms with Gasteiger partial charge in [0.05, 0.1) is 64.8 Å². The van der Waals surface area contributed by atoms with Gasteiger partial charge in [0.25, 0.3) is 0 Å². The molecule has 0 rings (SSSR count). The molecular formula is C28H57N3O7S. The summed E-state index contributed by atoms with van der Waals surface area (Å²) in [6.45, 7) is 19.2. The van der Waals surface area contributed by atoms with E-state index in [1.807, 2.05) is 39.6 Å². The first-order valence-electron chi connectivity index (χ1n) is 14.4. The molecule has 0 saturated heterocycles. The van der Waals surface area contributed by atoms with Crippen LogP contribution in [0.25, 0.3) is 0 Å². The number of ether oxygens (including phenoxy) is 5. The summed E-state index contributed by atoms with van der Waals surface area (Å²) in [6.07, 6.45) is 0.835. The van der Waals surface area contributed by atoms with Crippen LogP contribution in [0.5, 0.6) is 0 Å². The SMILES string of the molecule is CC(C)NCCOCCOCCN(C)C(=O)C(C)CCS[C@@H](C)NCCOCCOCCOCC(=O)C(C)C. The number of rotatable bonds is 28. The minimum Gasteiger partial charge on any atom is -0.378 e. The first-order valence-corrected chi connectivity index (χ1v) is 15.4. The van der Waals surface area contributed by atoms with Crippen LogP contribution in [0.4, 0.5) is 0 Å². The maximum atomic E-state index is 12.6. The Balaban J connectivity index is 3.59. The molecular weight excluding hydrogens is 522 g/mol. The van der Waals surface area contributed by atoms with Crippen molar-refractivity contribution in [1.29, 1.82) is 0 Å². The Labute approximate surface area is 241 Å². The van der Waals surface area contributed by atoms with E-state index in [4.69, 9.17) is 23.7 Å². The molecule has 0 aliphatic heterocycles. The summed E-state index contributed by atoms with van der Waals surface area (Å²) < 4.78 is 27.4. The summed E-state index contributed by atoms with van der Waals surface area (Å²) in [5.74, 6) is 1.16. The van der Waals surface area contributed by atoms with Crippen molar-refractivity contribution in [3.05, 3.63) is 0 Å². The van der Waals surface area contributed by atoms with Crippen molar-refractivity contribution >= 4 is 23.5 Å². The van der Waals surface area contributed by atoms with E-state index in [1.54, 1.807) is 4.90 Å². The Morgan fingerprint density at radius 1 is 0.718 bits per heavy atom. The summed E-state index contributed by atoms with van der Waals surface area (Å²) >= 11 is 1.81. The molecule has 0 radical (unpaired) electrons. The van der Waals surface area contributed by atoms with Gasteiger partial charge in [0.15, 0.2) is 5.78 Å². The first kappa shape index (κ1) is 38.2. The number of amides is 1. The topological polar surface area (TPSA) is 108 Å². The molecule has 0 aromatic rings. The number of nitrogens with zero attached hydrogens (tertiary/aromatic N) is 1. The highest BCUT2D eigenvalue weighted by molar-refractivity contribution is 7.99. The highest BCUT2D eigenvalue weighted by Gasteiger charge is 2.17. The predicted octanol–water partition coefficient (Wildman–Crippen LogP) is 2.45. The molecule has 0 aliphatic rings. The van der Waals surface area contributed by atoms with Crippen LogP contribution in [0.1, 0.15) is 48.0 Å². The lowest BCUT2D eigenvalue weighted by atomic mass is 10.1. The van der Waals surface area contributed by atoms with E-state index >= 15 is 0 Å². The largest absolute Gasteiger partial charge is 0.378 e. The van der Waals surface area contributed by atoms with Crippen molar-refractivity contribution in [3.8, 4) is 0 Å². The second-order valence-electron chi connectivity index (χ2n) is 10.1. The van der Waals surface area contributed by atoms with Crippen LogP contribution in [0, 0.1) is 11.8 Å². The number of carbonyl (C=O) groups excluding carboxylic acids is 2. The lowest BCUT2D eigenvalue weighted by Gasteiger charge is -2.22. The van der Waals surface area contributed by atoms with Gasteiger partial charge in [0.2, 0.25) is 5.91 Å². The highest BCUT2D eigenvalue weighted by Crippen LogP contribution is 2.15. The molecule has 0 bridgehead atoms. The van der Waals surface area contributed by atoms with E-state index < -0.39 is 0 Å². The number of hydrogen-bond acceptors (Lipinski definition) is 10. The monoisotopic (exact) mass is 579 g/mol. The molecule has 232 valence electrons. The number of ketones is 1. The molecule has 11 heteroatoms. The number of thioether (sulfide) groups is 1. The number of Topliss-reactive ketones (excluding diaryl/α,β-unsaturated/α-hetero) is 1. The maximum Gasteiger partial charge on any atom is 0.225 e. The number of carbonyl (C=O) groups is 2. The van der Waals surface area contributed by atoms with Gasteiger partial charge < -0.3 is 39.2 Å². The fourth-order valence-electron chi connectivity index (χ4n) is 3.15. The highest BCUT2D eigenvalue weighted by atomic mass is 32.2. The number of hydrogen-bond donors (Lipinski definition) is 2.